The first-order chi connectivity index (χ1) is 7.46. The van der Waals surface area contributed by atoms with Gasteiger partial charge < -0.3 is 9.47 Å². The van der Waals surface area contributed by atoms with Crippen LogP contribution in [-0.4, -0.2) is 13.2 Å². The summed E-state index contributed by atoms with van der Waals surface area (Å²) in [5, 5.41) is 0. The van der Waals surface area contributed by atoms with Crippen LogP contribution in [0.4, 0.5) is 0 Å². The van der Waals surface area contributed by atoms with Gasteiger partial charge in [0, 0.05) is 15.5 Å². The van der Waals surface area contributed by atoms with E-state index < -0.39 is 5.79 Å². The Bertz CT molecular complexity index is 359. The number of hydrogen-bond donors (Lipinski definition) is 0. The van der Waals surface area contributed by atoms with Gasteiger partial charge in [-0.2, -0.15) is 0 Å². The van der Waals surface area contributed by atoms with Crippen molar-refractivity contribution in [3.63, 3.8) is 0 Å². The van der Waals surface area contributed by atoms with Gasteiger partial charge in [0.2, 0.25) is 0 Å². The van der Waals surface area contributed by atoms with Crippen LogP contribution in [0.5, 0.6) is 0 Å². The van der Waals surface area contributed by atoms with E-state index in [4.69, 9.17) is 9.47 Å². The van der Waals surface area contributed by atoms with E-state index >= 15 is 0 Å². The Morgan fingerprint density at radius 2 is 1.56 bits per heavy atom. The lowest BCUT2D eigenvalue weighted by Gasteiger charge is -2.39. The molecule has 1 aliphatic rings. The van der Waals surface area contributed by atoms with Crippen molar-refractivity contribution in [1.82, 2.24) is 0 Å². The third-order valence-corrected chi connectivity index (χ3v) is 3.43. The highest BCUT2D eigenvalue weighted by Gasteiger charge is 2.48. The summed E-state index contributed by atoms with van der Waals surface area (Å²) in [4.78, 5) is 0. The van der Waals surface area contributed by atoms with Crippen molar-refractivity contribution in [3.8, 4) is 0 Å². The molecule has 0 unspecified atom stereocenters. The van der Waals surface area contributed by atoms with Crippen LogP contribution >= 0.6 is 15.9 Å². The van der Waals surface area contributed by atoms with Crippen molar-refractivity contribution < 1.29 is 9.47 Å². The lowest BCUT2D eigenvalue weighted by molar-refractivity contribution is -0.232. The largest absolute Gasteiger partial charge is 0.343 e. The first kappa shape index (κ1) is 12.1. The fourth-order valence-electron chi connectivity index (χ4n) is 2.11. The second-order valence-electron chi connectivity index (χ2n) is 5.07. The molecule has 3 heteroatoms. The molecule has 88 valence electrons. The van der Waals surface area contributed by atoms with Crippen molar-refractivity contribution in [2.24, 2.45) is 5.41 Å². The average Bonchev–Trinajstić information content (AvgIpc) is 2.68. The molecule has 0 aliphatic carbocycles. The summed E-state index contributed by atoms with van der Waals surface area (Å²) < 4.78 is 12.9. The molecule has 0 bridgehead atoms. The quantitative estimate of drug-likeness (QED) is 0.783. The van der Waals surface area contributed by atoms with Gasteiger partial charge in [0.25, 0.3) is 0 Å². The van der Waals surface area contributed by atoms with E-state index in [1.807, 2.05) is 12.1 Å². The van der Waals surface area contributed by atoms with Crippen molar-refractivity contribution in [2.45, 2.75) is 26.6 Å². The topological polar surface area (TPSA) is 18.5 Å². The molecule has 0 radical (unpaired) electrons. The molecule has 16 heavy (non-hydrogen) atoms. The van der Waals surface area contributed by atoms with Gasteiger partial charge in [0.1, 0.15) is 0 Å². The number of halogens is 1. The second-order valence-corrected chi connectivity index (χ2v) is 5.99. The van der Waals surface area contributed by atoms with Crippen LogP contribution < -0.4 is 0 Å². The Kier molecular flexibility index (Phi) is 3.12. The highest BCUT2D eigenvalue weighted by atomic mass is 79.9. The molecule has 1 heterocycles. The minimum atomic E-state index is -0.603. The number of hydrogen-bond acceptors (Lipinski definition) is 2. The first-order valence-corrected chi connectivity index (χ1v) is 6.29. The van der Waals surface area contributed by atoms with Crippen LogP contribution in [0, 0.1) is 5.41 Å². The second kappa shape index (κ2) is 4.13. The fraction of sp³-hybridized carbons (Fsp3) is 0.538. The predicted octanol–water partition coefficient (Wildman–Crippen LogP) is 3.69. The molecule has 0 atom stereocenters. The maximum absolute atomic E-state index is 5.89. The van der Waals surface area contributed by atoms with E-state index in [1.165, 1.54) is 0 Å². The Labute approximate surface area is 105 Å². The van der Waals surface area contributed by atoms with Gasteiger partial charge >= 0.3 is 0 Å². The van der Waals surface area contributed by atoms with E-state index in [1.54, 1.807) is 0 Å². The Morgan fingerprint density at radius 3 is 2.00 bits per heavy atom. The third kappa shape index (κ3) is 1.92. The van der Waals surface area contributed by atoms with Gasteiger partial charge in [-0.05, 0) is 12.1 Å². The van der Waals surface area contributed by atoms with Gasteiger partial charge in [0.15, 0.2) is 5.79 Å². The lowest BCUT2D eigenvalue weighted by Crippen LogP contribution is -2.41. The highest BCUT2D eigenvalue weighted by molar-refractivity contribution is 9.10. The van der Waals surface area contributed by atoms with E-state index in [2.05, 4.69) is 48.8 Å². The minimum absolute atomic E-state index is 0.0860. The van der Waals surface area contributed by atoms with E-state index in [9.17, 15) is 0 Å². The molecule has 2 nitrogen and oxygen atoms in total. The smallest absolute Gasteiger partial charge is 0.199 e. The summed E-state index contributed by atoms with van der Waals surface area (Å²) in [7, 11) is 0. The van der Waals surface area contributed by atoms with Gasteiger partial charge in [-0.15, -0.1) is 0 Å². The van der Waals surface area contributed by atoms with Crippen LogP contribution in [0.2, 0.25) is 0 Å². The van der Waals surface area contributed by atoms with E-state index in [0.29, 0.717) is 13.2 Å². The molecule has 0 saturated carbocycles. The SMILES string of the molecule is CC(C)(C)C1(c2ccc(Br)cc2)OCCO1. The molecule has 0 aromatic heterocycles. The maximum Gasteiger partial charge on any atom is 0.199 e. The van der Waals surface area contributed by atoms with Crippen LogP contribution in [-0.2, 0) is 15.3 Å². The molecule has 0 N–H and O–H groups in total. The highest BCUT2D eigenvalue weighted by Crippen LogP contribution is 2.46. The maximum atomic E-state index is 5.89. The number of benzene rings is 1. The average molecular weight is 285 g/mol. The summed E-state index contributed by atoms with van der Waals surface area (Å²) in [5.41, 5.74) is 0.998. The molecule has 0 amide bonds. The van der Waals surface area contributed by atoms with Gasteiger partial charge in [0.05, 0.1) is 13.2 Å². The van der Waals surface area contributed by atoms with Gasteiger partial charge in [-0.1, -0.05) is 48.8 Å². The summed E-state index contributed by atoms with van der Waals surface area (Å²) >= 11 is 3.44. The first-order valence-electron chi connectivity index (χ1n) is 5.50. The monoisotopic (exact) mass is 284 g/mol. The van der Waals surface area contributed by atoms with Crippen LogP contribution in [0.15, 0.2) is 28.7 Å². The number of ether oxygens (including phenoxy) is 2. The van der Waals surface area contributed by atoms with Crippen LogP contribution in [0.25, 0.3) is 0 Å². The zero-order valence-corrected chi connectivity index (χ0v) is 11.5. The molecule has 1 aromatic rings. The summed E-state index contributed by atoms with van der Waals surface area (Å²) in [6.07, 6.45) is 0. The third-order valence-electron chi connectivity index (χ3n) is 2.91. The molecular formula is C13H17BrO2. The Hall–Kier alpha value is -0.380. The Balaban J connectivity index is 2.44. The van der Waals surface area contributed by atoms with Crippen molar-refractivity contribution >= 4 is 15.9 Å². The summed E-state index contributed by atoms with van der Waals surface area (Å²) in [6.45, 7) is 7.74. The molecule has 1 fully saturated rings. The van der Waals surface area contributed by atoms with Gasteiger partial charge in [-0.25, -0.2) is 0 Å². The zero-order valence-electron chi connectivity index (χ0n) is 9.92. The molecule has 2 rings (SSSR count). The number of rotatable bonds is 1. The van der Waals surface area contributed by atoms with Crippen molar-refractivity contribution in [3.05, 3.63) is 34.3 Å². The predicted molar refractivity (Wildman–Crippen MR) is 67.2 cm³/mol. The summed E-state index contributed by atoms with van der Waals surface area (Å²) in [6, 6.07) is 8.16. The minimum Gasteiger partial charge on any atom is -0.343 e. The Morgan fingerprint density at radius 1 is 1.06 bits per heavy atom. The van der Waals surface area contributed by atoms with Crippen molar-refractivity contribution in [2.75, 3.05) is 13.2 Å². The normalized spacial score (nSPS) is 20.0. The van der Waals surface area contributed by atoms with Gasteiger partial charge in [-0.3, -0.25) is 0 Å². The van der Waals surface area contributed by atoms with E-state index in [-0.39, 0.29) is 5.41 Å². The molecular weight excluding hydrogens is 268 g/mol. The lowest BCUT2D eigenvalue weighted by atomic mass is 9.81. The molecule has 1 aromatic carbocycles. The van der Waals surface area contributed by atoms with E-state index in [0.717, 1.165) is 10.0 Å². The van der Waals surface area contributed by atoms with Crippen LogP contribution in [0.3, 0.4) is 0 Å². The molecule has 1 aliphatic heterocycles. The van der Waals surface area contributed by atoms with Crippen molar-refractivity contribution in [1.29, 1.82) is 0 Å². The fourth-order valence-corrected chi connectivity index (χ4v) is 2.38. The molecule has 1 saturated heterocycles. The zero-order chi connectivity index (χ0) is 11.8. The standard InChI is InChI=1S/C13H17BrO2/c1-12(2,3)13(15-8-9-16-13)10-4-6-11(14)7-5-10/h4-7H,8-9H2,1-3H3. The summed E-state index contributed by atoms with van der Waals surface area (Å²) in [5.74, 6) is -0.603. The molecule has 0 spiro atoms. The van der Waals surface area contributed by atoms with Crippen LogP contribution in [0.1, 0.15) is 26.3 Å².